The van der Waals surface area contributed by atoms with Crippen LogP contribution in [0.1, 0.15) is 11.1 Å². The highest BCUT2D eigenvalue weighted by atomic mass is 127. The molecule has 0 saturated carbocycles. The van der Waals surface area contributed by atoms with Crippen LogP contribution in [0.15, 0.2) is 52.7 Å². The number of hydrogen-bond acceptors (Lipinski definition) is 5. The molecule has 2 aromatic carbocycles. The van der Waals surface area contributed by atoms with Gasteiger partial charge in [-0.05, 0) is 40.3 Å². The number of thioether (sulfide) groups is 1. The van der Waals surface area contributed by atoms with Crippen molar-refractivity contribution in [1.29, 1.82) is 0 Å². The molecule has 2 rings (SSSR count). The second kappa shape index (κ2) is 9.12. The van der Waals surface area contributed by atoms with Crippen LogP contribution in [0.25, 0.3) is 0 Å². The monoisotopic (exact) mass is 495 g/mol. The molecule has 0 radical (unpaired) electrons. The summed E-state index contributed by atoms with van der Waals surface area (Å²) in [5.41, 5.74) is 6.82. The zero-order valence-corrected chi connectivity index (χ0v) is 16.0. The van der Waals surface area contributed by atoms with E-state index in [-0.39, 0.29) is 20.1 Å². The van der Waals surface area contributed by atoms with Gasteiger partial charge >= 0.3 is 6.36 Å². The Morgan fingerprint density at radius 2 is 1.96 bits per heavy atom. The SMILES string of the molecule is NC(=NN=Cc1cc(OC(F)(F)F)cc(I)c1O)SCc1ccccc1. The molecule has 10 heteroatoms. The highest BCUT2D eigenvalue weighted by Gasteiger charge is 2.31. The van der Waals surface area contributed by atoms with Gasteiger partial charge < -0.3 is 15.6 Å². The Hall–Kier alpha value is -1.95. The molecule has 5 nitrogen and oxygen atoms in total. The van der Waals surface area contributed by atoms with Crippen molar-refractivity contribution in [2.45, 2.75) is 12.1 Å². The maximum atomic E-state index is 12.3. The molecule has 0 saturated heterocycles. The summed E-state index contributed by atoms with van der Waals surface area (Å²) in [6, 6.07) is 11.7. The Morgan fingerprint density at radius 3 is 2.62 bits per heavy atom. The fraction of sp³-hybridized carbons (Fsp3) is 0.125. The average Bonchev–Trinajstić information content (AvgIpc) is 2.56. The van der Waals surface area contributed by atoms with Crippen molar-refractivity contribution in [3.05, 3.63) is 57.2 Å². The van der Waals surface area contributed by atoms with Crippen LogP contribution >= 0.6 is 34.4 Å². The second-order valence-corrected chi connectivity index (χ2v) is 7.01. The van der Waals surface area contributed by atoms with E-state index in [1.54, 1.807) is 22.6 Å². The van der Waals surface area contributed by atoms with Crippen molar-refractivity contribution in [3.63, 3.8) is 0 Å². The summed E-state index contributed by atoms with van der Waals surface area (Å²) in [4.78, 5) is 0. The van der Waals surface area contributed by atoms with Gasteiger partial charge in [-0.1, -0.05) is 42.1 Å². The fourth-order valence-corrected chi connectivity index (χ4v) is 3.02. The van der Waals surface area contributed by atoms with Gasteiger partial charge in [-0.15, -0.1) is 18.3 Å². The van der Waals surface area contributed by atoms with Gasteiger partial charge in [0.2, 0.25) is 0 Å². The molecule has 0 aromatic heterocycles. The Labute approximate surface area is 165 Å². The largest absolute Gasteiger partial charge is 0.573 e. The van der Waals surface area contributed by atoms with Crippen molar-refractivity contribution < 1.29 is 23.0 Å². The third kappa shape index (κ3) is 6.75. The number of nitrogens with two attached hydrogens (primary N) is 1. The number of nitrogens with zero attached hydrogens (tertiary/aromatic N) is 2. The van der Waals surface area contributed by atoms with Gasteiger partial charge in [-0.25, -0.2) is 0 Å². The molecule has 2 aromatic rings. The molecule has 3 N–H and O–H groups in total. The van der Waals surface area contributed by atoms with Crippen LogP contribution in [0.3, 0.4) is 0 Å². The molecule has 26 heavy (non-hydrogen) atoms. The Morgan fingerprint density at radius 1 is 1.27 bits per heavy atom. The molecule has 0 aliphatic carbocycles. The summed E-state index contributed by atoms with van der Waals surface area (Å²) in [6.45, 7) is 0. The maximum absolute atomic E-state index is 12.3. The van der Waals surface area contributed by atoms with E-state index in [4.69, 9.17) is 5.73 Å². The standard InChI is InChI=1S/C16H13F3IN3O2S/c17-16(18,19)25-12-6-11(14(24)13(20)7-12)8-22-23-15(21)26-9-10-4-2-1-3-5-10/h1-8,24H,9H2,(H2,21,23). The number of amidine groups is 1. The zero-order valence-electron chi connectivity index (χ0n) is 13.1. The van der Waals surface area contributed by atoms with E-state index in [1.165, 1.54) is 11.8 Å². The number of hydrogen-bond donors (Lipinski definition) is 2. The van der Waals surface area contributed by atoms with Crippen LogP contribution in [0.5, 0.6) is 11.5 Å². The lowest BCUT2D eigenvalue weighted by atomic mass is 10.2. The number of benzene rings is 2. The van der Waals surface area contributed by atoms with Crippen molar-refractivity contribution >= 4 is 45.7 Å². The number of phenols is 1. The Bertz CT molecular complexity index is 814. The van der Waals surface area contributed by atoms with Crippen molar-refractivity contribution in [2.75, 3.05) is 0 Å². The lowest BCUT2D eigenvalue weighted by Crippen LogP contribution is -2.17. The maximum Gasteiger partial charge on any atom is 0.573 e. The summed E-state index contributed by atoms with van der Waals surface area (Å²) >= 11 is 2.95. The third-order valence-electron chi connectivity index (χ3n) is 2.88. The van der Waals surface area contributed by atoms with Gasteiger partial charge in [0.1, 0.15) is 11.5 Å². The highest BCUT2D eigenvalue weighted by Crippen LogP contribution is 2.31. The predicted octanol–water partition coefficient (Wildman–Crippen LogP) is 4.48. The first-order valence-corrected chi connectivity index (χ1v) is 9.12. The first-order valence-electron chi connectivity index (χ1n) is 7.06. The Balaban J connectivity index is 2.06. The van der Waals surface area contributed by atoms with Crippen LogP contribution in [-0.2, 0) is 5.75 Å². The van der Waals surface area contributed by atoms with Crippen molar-refractivity contribution in [3.8, 4) is 11.5 Å². The predicted molar refractivity (Wildman–Crippen MR) is 104 cm³/mol. The van der Waals surface area contributed by atoms with E-state index >= 15 is 0 Å². The summed E-state index contributed by atoms with van der Waals surface area (Å²) in [5, 5.41) is 17.6. The minimum Gasteiger partial charge on any atom is -0.506 e. The molecule has 0 amide bonds. The van der Waals surface area contributed by atoms with Crippen LogP contribution in [0, 0.1) is 3.57 Å². The van der Waals surface area contributed by atoms with Crippen molar-refractivity contribution in [2.24, 2.45) is 15.9 Å². The van der Waals surface area contributed by atoms with Crippen molar-refractivity contribution in [1.82, 2.24) is 0 Å². The summed E-state index contributed by atoms with van der Waals surface area (Å²) in [7, 11) is 0. The van der Waals surface area contributed by atoms with Gasteiger partial charge in [0.05, 0.1) is 9.78 Å². The number of alkyl halides is 3. The summed E-state index contributed by atoms with van der Waals surface area (Å²) < 4.78 is 41.0. The third-order valence-corrected chi connectivity index (χ3v) is 4.56. The number of halogens is 4. The first kappa shape index (κ1) is 20.4. The average molecular weight is 495 g/mol. The molecule has 0 aliphatic heterocycles. The minimum atomic E-state index is -4.83. The van der Waals surface area contributed by atoms with Crippen LogP contribution in [0.2, 0.25) is 0 Å². The van der Waals surface area contributed by atoms with E-state index in [2.05, 4.69) is 14.9 Å². The molecular weight excluding hydrogens is 482 g/mol. The lowest BCUT2D eigenvalue weighted by Gasteiger charge is -2.10. The molecule has 0 aliphatic rings. The van der Waals surface area contributed by atoms with E-state index < -0.39 is 12.1 Å². The van der Waals surface area contributed by atoms with E-state index in [0.717, 1.165) is 23.9 Å². The summed E-state index contributed by atoms with van der Waals surface area (Å²) in [6.07, 6.45) is -3.72. The van der Waals surface area contributed by atoms with Crippen LogP contribution in [0.4, 0.5) is 13.2 Å². The number of ether oxygens (including phenoxy) is 1. The normalized spacial score (nSPS) is 12.5. The molecule has 0 spiro atoms. The quantitative estimate of drug-likeness (QED) is 0.278. The van der Waals surface area contributed by atoms with E-state index in [9.17, 15) is 18.3 Å². The molecular formula is C16H13F3IN3O2S. The van der Waals surface area contributed by atoms with Crippen LogP contribution < -0.4 is 10.5 Å². The van der Waals surface area contributed by atoms with Gasteiger partial charge in [0, 0.05) is 11.3 Å². The smallest absolute Gasteiger partial charge is 0.506 e. The van der Waals surface area contributed by atoms with Gasteiger partial charge in [0.15, 0.2) is 5.17 Å². The van der Waals surface area contributed by atoms with E-state index in [1.807, 2.05) is 30.3 Å². The number of phenolic OH excluding ortho intramolecular Hbond substituents is 1. The molecule has 0 unspecified atom stereocenters. The van der Waals surface area contributed by atoms with Gasteiger partial charge in [-0.2, -0.15) is 5.10 Å². The molecule has 0 fully saturated rings. The van der Waals surface area contributed by atoms with Crippen LogP contribution in [-0.4, -0.2) is 22.9 Å². The minimum absolute atomic E-state index is 0.0285. The van der Waals surface area contributed by atoms with Gasteiger partial charge in [-0.3, -0.25) is 0 Å². The topological polar surface area (TPSA) is 80.2 Å². The molecule has 0 atom stereocenters. The Kier molecular flexibility index (Phi) is 7.14. The molecule has 138 valence electrons. The first-order chi connectivity index (χ1) is 12.2. The fourth-order valence-electron chi connectivity index (χ4n) is 1.79. The summed E-state index contributed by atoms with van der Waals surface area (Å²) in [5.74, 6) is -0.0878. The van der Waals surface area contributed by atoms with E-state index in [0.29, 0.717) is 5.75 Å². The highest BCUT2D eigenvalue weighted by molar-refractivity contribution is 14.1. The second-order valence-electron chi connectivity index (χ2n) is 4.85. The zero-order chi connectivity index (χ0) is 19.2. The van der Waals surface area contributed by atoms with Gasteiger partial charge in [0.25, 0.3) is 0 Å². The molecule has 0 heterocycles. The number of aromatic hydroxyl groups is 1. The lowest BCUT2D eigenvalue weighted by molar-refractivity contribution is -0.274. The number of rotatable bonds is 5. The molecule has 0 bridgehead atoms.